The largest absolute Gasteiger partial charge is 0.381 e. The fourth-order valence-corrected chi connectivity index (χ4v) is 3.99. The Hall–Kier alpha value is -0.0800. The summed E-state index contributed by atoms with van der Waals surface area (Å²) in [5, 5.41) is 3.60. The maximum Gasteiger partial charge on any atom is 0.0469 e. The van der Waals surface area contributed by atoms with Crippen molar-refractivity contribution in [3.8, 4) is 0 Å². The van der Waals surface area contributed by atoms with E-state index in [0.29, 0.717) is 0 Å². The Morgan fingerprint density at radius 2 is 1.67 bits per heavy atom. The highest BCUT2D eigenvalue weighted by molar-refractivity contribution is 5.00. The van der Waals surface area contributed by atoms with Gasteiger partial charge in [0, 0.05) is 19.3 Å². The van der Waals surface area contributed by atoms with Gasteiger partial charge in [0.15, 0.2) is 0 Å². The summed E-state index contributed by atoms with van der Waals surface area (Å²) >= 11 is 0. The van der Waals surface area contributed by atoms with Crippen LogP contribution in [0.1, 0.15) is 32.1 Å². The van der Waals surface area contributed by atoms with Gasteiger partial charge < -0.3 is 10.1 Å². The highest BCUT2D eigenvalue weighted by Gasteiger charge is 2.48. The van der Waals surface area contributed by atoms with Gasteiger partial charge in [0.25, 0.3) is 0 Å². The quantitative estimate of drug-likeness (QED) is 0.768. The fraction of sp³-hybridized carbons (Fsp3) is 1.00. The Morgan fingerprint density at radius 1 is 1.00 bits per heavy atom. The highest BCUT2D eigenvalue weighted by atomic mass is 16.5. The zero-order valence-electron chi connectivity index (χ0n) is 9.74. The normalized spacial score (nSPS) is 42.6. The minimum Gasteiger partial charge on any atom is -0.381 e. The third kappa shape index (κ3) is 1.94. The van der Waals surface area contributed by atoms with Gasteiger partial charge in [0.05, 0.1) is 0 Å². The van der Waals surface area contributed by atoms with Crippen LogP contribution in [0.25, 0.3) is 0 Å². The van der Waals surface area contributed by atoms with Gasteiger partial charge in [-0.2, -0.15) is 0 Å². The fourth-order valence-electron chi connectivity index (χ4n) is 3.99. The second kappa shape index (κ2) is 4.06. The Bertz CT molecular complexity index is 213. The van der Waals surface area contributed by atoms with Crippen LogP contribution in [0.15, 0.2) is 0 Å². The lowest BCUT2D eigenvalue weighted by Crippen LogP contribution is -2.42. The molecule has 1 aliphatic heterocycles. The van der Waals surface area contributed by atoms with Crippen LogP contribution in [-0.2, 0) is 4.74 Å². The average Bonchev–Trinajstić information content (AvgIpc) is 2.89. The molecular formula is C13H23NO. The molecule has 3 aliphatic rings. The number of fused-ring (bicyclic) bond motifs is 1. The Kier molecular flexibility index (Phi) is 2.73. The van der Waals surface area contributed by atoms with E-state index in [-0.39, 0.29) is 0 Å². The van der Waals surface area contributed by atoms with Gasteiger partial charge in [-0.3, -0.25) is 0 Å². The molecule has 3 unspecified atom stereocenters. The van der Waals surface area contributed by atoms with Gasteiger partial charge in [-0.25, -0.2) is 0 Å². The van der Waals surface area contributed by atoms with Crippen molar-refractivity contribution in [3.63, 3.8) is 0 Å². The summed E-state index contributed by atoms with van der Waals surface area (Å²) < 4.78 is 5.46. The van der Waals surface area contributed by atoms with Gasteiger partial charge in [-0.1, -0.05) is 0 Å². The van der Waals surface area contributed by atoms with Crippen molar-refractivity contribution >= 4 is 0 Å². The lowest BCUT2D eigenvalue weighted by molar-refractivity contribution is 0.0452. The molecule has 0 spiro atoms. The number of hydrogen-bond donors (Lipinski definition) is 1. The first kappa shape index (κ1) is 10.1. The molecule has 3 atom stereocenters. The summed E-state index contributed by atoms with van der Waals surface area (Å²) in [6.07, 6.45) is 7.11. The highest BCUT2D eigenvalue weighted by Crippen LogP contribution is 2.55. The van der Waals surface area contributed by atoms with Crippen molar-refractivity contribution in [2.45, 2.75) is 38.1 Å². The second-order valence-corrected chi connectivity index (χ2v) is 5.75. The van der Waals surface area contributed by atoms with E-state index in [2.05, 4.69) is 12.4 Å². The van der Waals surface area contributed by atoms with Crippen LogP contribution in [-0.4, -0.2) is 26.3 Å². The van der Waals surface area contributed by atoms with E-state index in [0.717, 1.165) is 42.9 Å². The first-order valence-corrected chi connectivity index (χ1v) is 6.63. The second-order valence-electron chi connectivity index (χ2n) is 5.75. The number of rotatable bonds is 3. The lowest BCUT2D eigenvalue weighted by Gasteiger charge is -2.34. The molecule has 2 saturated carbocycles. The van der Waals surface area contributed by atoms with Crippen molar-refractivity contribution in [1.29, 1.82) is 0 Å². The molecule has 2 aliphatic carbocycles. The van der Waals surface area contributed by atoms with Gasteiger partial charge in [0.2, 0.25) is 0 Å². The topological polar surface area (TPSA) is 21.3 Å². The molecule has 0 bridgehead atoms. The Morgan fingerprint density at radius 3 is 2.27 bits per heavy atom. The molecule has 2 nitrogen and oxygen atoms in total. The molecule has 0 aromatic carbocycles. The van der Waals surface area contributed by atoms with Crippen molar-refractivity contribution in [2.24, 2.45) is 23.7 Å². The predicted octanol–water partition coefficient (Wildman–Crippen LogP) is 2.05. The number of nitrogens with one attached hydrogen (secondary N) is 1. The summed E-state index contributed by atoms with van der Waals surface area (Å²) in [5.74, 6) is 4.09. The maximum absolute atomic E-state index is 5.46. The summed E-state index contributed by atoms with van der Waals surface area (Å²) in [6.45, 7) is 1.98. The molecular weight excluding hydrogens is 186 g/mol. The van der Waals surface area contributed by atoms with E-state index < -0.39 is 0 Å². The van der Waals surface area contributed by atoms with Crippen LogP contribution in [0.4, 0.5) is 0 Å². The zero-order valence-corrected chi connectivity index (χ0v) is 9.74. The molecule has 15 heavy (non-hydrogen) atoms. The van der Waals surface area contributed by atoms with Gasteiger partial charge in [-0.15, -0.1) is 0 Å². The van der Waals surface area contributed by atoms with Gasteiger partial charge in [0.1, 0.15) is 0 Å². The van der Waals surface area contributed by atoms with Gasteiger partial charge >= 0.3 is 0 Å². The minimum atomic E-state index is 0.779. The van der Waals surface area contributed by atoms with Crippen LogP contribution in [0.2, 0.25) is 0 Å². The Labute approximate surface area is 92.8 Å². The number of ether oxygens (including phenoxy) is 1. The molecule has 0 aromatic rings. The van der Waals surface area contributed by atoms with Gasteiger partial charge in [-0.05, 0) is 62.8 Å². The first-order valence-electron chi connectivity index (χ1n) is 6.63. The molecule has 3 rings (SSSR count). The lowest BCUT2D eigenvalue weighted by atomic mass is 9.81. The first-order chi connectivity index (χ1) is 7.38. The smallest absolute Gasteiger partial charge is 0.0469 e. The van der Waals surface area contributed by atoms with Crippen LogP contribution in [0.3, 0.4) is 0 Å². The summed E-state index contributed by atoms with van der Waals surface area (Å²) in [7, 11) is 2.16. The standard InChI is InChI=1S/C13H23NO/c1-14-13(9-2-4-15-5-3-9)12-7-10-6-11(10)8-12/h9-14H,2-8H2,1H3. The third-order valence-electron chi connectivity index (χ3n) is 4.90. The van der Waals surface area contributed by atoms with Crippen molar-refractivity contribution in [2.75, 3.05) is 20.3 Å². The molecule has 1 heterocycles. The molecule has 86 valence electrons. The van der Waals surface area contributed by atoms with Crippen LogP contribution >= 0.6 is 0 Å². The van der Waals surface area contributed by atoms with E-state index in [9.17, 15) is 0 Å². The average molecular weight is 209 g/mol. The molecule has 0 amide bonds. The van der Waals surface area contributed by atoms with E-state index >= 15 is 0 Å². The maximum atomic E-state index is 5.46. The van der Waals surface area contributed by atoms with Crippen LogP contribution in [0, 0.1) is 23.7 Å². The van der Waals surface area contributed by atoms with E-state index in [1.54, 1.807) is 6.42 Å². The van der Waals surface area contributed by atoms with Crippen molar-refractivity contribution < 1.29 is 4.74 Å². The molecule has 1 N–H and O–H groups in total. The van der Waals surface area contributed by atoms with Crippen LogP contribution in [0.5, 0.6) is 0 Å². The monoisotopic (exact) mass is 209 g/mol. The molecule has 2 heteroatoms. The Balaban J connectivity index is 1.59. The minimum absolute atomic E-state index is 0.779. The van der Waals surface area contributed by atoms with Crippen molar-refractivity contribution in [3.05, 3.63) is 0 Å². The number of hydrogen-bond acceptors (Lipinski definition) is 2. The zero-order chi connectivity index (χ0) is 10.3. The van der Waals surface area contributed by atoms with Crippen LogP contribution < -0.4 is 5.32 Å². The molecule has 1 saturated heterocycles. The van der Waals surface area contributed by atoms with Crippen molar-refractivity contribution in [1.82, 2.24) is 5.32 Å². The third-order valence-corrected chi connectivity index (χ3v) is 4.90. The van der Waals surface area contributed by atoms with E-state index in [4.69, 9.17) is 4.74 Å². The van der Waals surface area contributed by atoms with E-state index in [1.807, 2.05) is 0 Å². The summed E-state index contributed by atoms with van der Waals surface area (Å²) in [5.41, 5.74) is 0. The SMILES string of the molecule is CNC(C1CCOCC1)C1CC2CC2C1. The summed E-state index contributed by atoms with van der Waals surface area (Å²) in [6, 6.07) is 0.779. The predicted molar refractivity (Wildman–Crippen MR) is 60.7 cm³/mol. The molecule has 0 aromatic heterocycles. The van der Waals surface area contributed by atoms with E-state index in [1.165, 1.54) is 25.7 Å². The summed E-state index contributed by atoms with van der Waals surface area (Å²) in [4.78, 5) is 0. The molecule has 0 radical (unpaired) electrons. The molecule has 3 fully saturated rings.